The highest BCUT2D eigenvalue weighted by atomic mass is 32.2. The first-order valence-electron chi connectivity index (χ1n) is 13.5. The third kappa shape index (κ3) is 8.78. The van der Waals surface area contributed by atoms with E-state index in [4.69, 9.17) is 4.74 Å². The van der Waals surface area contributed by atoms with Crippen LogP contribution in [0.15, 0.2) is 72.8 Å². The number of hydrogen-bond donors (Lipinski definition) is 1. The van der Waals surface area contributed by atoms with E-state index in [1.165, 1.54) is 18.1 Å². The molecule has 0 aliphatic heterocycles. The number of carbonyl (C=O) groups excluding carboxylic acids is 2. The number of amides is 2. The van der Waals surface area contributed by atoms with Crippen molar-refractivity contribution < 1.29 is 27.1 Å². The lowest BCUT2D eigenvalue weighted by Gasteiger charge is -2.34. The highest BCUT2D eigenvalue weighted by molar-refractivity contribution is 7.92. The average molecular weight is 584 g/mol. The largest absolute Gasteiger partial charge is 0.495 e. The van der Waals surface area contributed by atoms with E-state index in [1.807, 2.05) is 37.3 Å². The normalized spacial score (nSPS) is 11.9. The van der Waals surface area contributed by atoms with Crippen LogP contribution in [0.5, 0.6) is 5.75 Å². The predicted octanol–water partition coefficient (Wildman–Crippen LogP) is 4.47. The van der Waals surface area contributed by atoms with E-state index in [0.29, 0.717) is 6.54 Å². The molecule has 0 aromatic heterocycles. The number of nitrogens with one attached hydrogen (secondary N) is 1. The van der Waals surface area contributed by atoms with Crippen molar-refractivity contribution in [1.82, 2.24) is 10.2 Å². The highest BCUT2D eigenvalue weighted by Gasteiger charge is 2.34. The predicted molar refractivity (Wildman–Crippen MR) is 159 cm³/mol. The fraction of sp³-hybridized carbons (Fsp3) is 0.355. The van der Waals surface area contributed by atoms with Crippen LogP contribution in [0.25, 0.3) is 0 Å². The Balaban J connectivity index is 2.09. The van der Waals surface area contributed by atoms with E-state index in [2.05, 4.69) is 5.32 Å². The van der Waals surface area contributed by atoms with Gasteiger partial charge in [-0.1, -0.05) is 67.9 Å². The van der Waals surface area contributed by atoms with Crippen LogP contribution >= 0.6 is 0 Å². The lowest BCUT2D eigenvalue weighted by atomic mass is 10.0. The molecule has 0 unspecified atom stereocenters. The third-order valence-corrected chi connectivity index (χ3v) is 7.81. The second-order valence-corrected chi connectivity index (χ2v) is 11.8. The summed E-state index contributed by atoms with van der Waals surface area (Å²) in [5.74, 6) is -1.32. The molecule has 3 aromatic carbocycles. The summed E-state index contributed by atoms with van der Waals surface area (Å²) in [5, 5.41) is 2.90. The maximum Gasteiger partial charge on any atom is 0.244 e. The lowest BCUT2D eigenvalue weighted by molar-refractivity contribution is -0.140. The number of anilines is 1. The van der Waals surface area contributed by atoms with E-state index >= 15 is 0 Å². The van der Waals surface area contributed by atoms with E-state index in [1.54, 1.807) is 43.3 Å². The minimum atomic E-state index is -3.97. The van der Waals surface area contributed by atoms with Gasteiger partial charge in [0.1, 0.15) is 24.2 Å². The van der Waals surface area contributed by atoms with Gasteiger partial charge >= 0.3 is 0 Å². The van der Waals surface area contributed by atoms with Crippen molar-refractivity contribution in [2.75, 3.05) is 30.8 Å². The number of methoxy groups -OCH3 is 1. The van der Waals surface area contributed by atoms with Crippen molar-refractivity contribution in [3.63, 3.8) is 0 Å². The van der Waals surface area contributed by atoms with Gasteiger partial charge in [0, 0.05) is 25.1 Å². The maximum atomic E-state index is 14.9. The second kappa shape index (κ2) is 14.6. The standard InChI is InChI=1S/C31H38FN3O5S/c1-5-6-18-33-31(37)28(20-24-12-8-7-9-13-24)34(21-25-14-10-11-15-26(25)32)30(36)22-35(41(4,38)39)27-19-23(2)16-17-29(27)40-3/h7-17,19,28H,5-6,18,20-22H2,1-4H3,(H,33,37)/t28-/m0/s1. The molecule has 0 aliphatic rings. The quantitative estimate of drug-likeness (QED) is 0.283. The SMILES string of the molecule is CCCCNC(=O)[C@H](Cc1ccccc1)N(Cc1ccccc1F)C(=O)CN(c1cc(C)ccc1OC)S(C)(=O)=O. The molecule has 0 heterocycles. The summed E-state index contributed by atoms with van der Waals surface area (Å²) in [7, 11) is -2.55. The van der Waals surface area contributed by atoms with Gasteiger partial charge in [-0.2, -0.15) is 0 Å². The van der Waals surface area contributed by atoms with Gasteiger partial charge in [-0.3, -0.25) is 13.9 Å². The number of nitrogens with zero attached hydrogens (tertiary/aromatic N) is 2. The van der Waals surface area contributed by atoms with Crippen molar-refractivity contribution in [2.24, 2.45) is 0 Å². The number of sulfonamides is 1. The Morgan fingerprint density at radius 1 is 1.02 bits per heavy atom. The molecule has 3 aromatic rings. The molecule has 2 amide bonds. The summed E-state index contributed by atoms with van der Waals surface area (Å²) in [6.07, 6.45) is 2.77. The van der Waals surface area contributed by atoms with E-state index < -0.39 is 40.2 Å². The molecule has 0 fully saturated rings. The van der Waals surface area contributed by atoms with E-state index in [-0.39, 0.29) is 30.0 Å². The zero-order chi connectivity index (χ0) is 30.0. The third-order valence-electron chi connectivity index (χ3n) is 6.68. The Morgan fingerprint density at radius 2 is 1.71 bits per heavy atom. The highest BCUT2D eigenvalue weighted by Crippen LogP contribution is 2.31. The topological polar surface area (TPSA) is 96.0 Å². The van der Waals surface area contributed by atoms with Gasteiger partial charge in [-0.15, -0.1) is 0 Å². The van der Waals surface area contributed by atoms with Crippen LogP contribution in [0.2, 0.25) is 0 Å². The maximum absolute atomic E-state index is 14.9. The van der Waals surface area contributed by atoms with Crippen LogP contribution in [0.1, 0.15) is 36.5 Å². The van der Waals surface area contributed by atoms with Gasteiger partial charge in [-0.25, -0.2) is 12.8 Å². The summed E-state index contributed by atoms with van der Waals surface area (Å²) < 4.78 is 47.2. The average Bonchev–Trinajstić information content (AvgIpc) is 2.94. The lowest BCUT2D eigenvalue weighted by Crippen LogP contribution is -2.53. The van der Waals surface area contributed by atoms with Crippen LogP contribution in [-0.4, -0.2) is 57.6 Å². The van der Waals surface area contributed by atoms with Crippen molar-refractivity contribution in [2.45, 2.75) is 45.7 Å². The summed E-state index contributed by atoms with van der Waals surface area (Å²) >= 11 is 0. The monoisotopic (exact) mass is 583 g/mol. The van der Waals surface area contributed by atoms with Gasteiger partial charge in [0.25, 0.3) is 0 Å². The van der Waals surface area contributed by atoms with Crippen molar-refractivity contribution in [3.8, 4) is 5.75 Å². The van der Waals surface area contributed by atoms with E-state index in [0.717, 1.165) is 34.5 Å². The van der Waals surface area contributed by atoms with Crippen molar-refractivity contribution in [1.29, 1.82) is 0 Å². The van der Waals surface area contributed by atoms with Crippen molar-refractivity contribution >= 4 is 27.5 Å². The molecule has 0 saturated carbocycles. The molecule has 0 spiro atoms. The van der Waals surface area contributed by atoms with Gasteiger partial charge in [0.2, 0.25) is 21.8 Å². The Morgan fingerprint density at radius 3 is 2.34 bits per heavy atom. The smallest absolute Gasteiger partial charge is 0.244 e. The minimum absolute atomic E-state index is 0.158. The van der Waals surface area contributed by atoms with Crippen LogP contribution in [0.3, 0.4) is 0 Å². The molecule has 0 aliphatic carbocycles. The first kappa shape index (κ1) is 31.6. The fourth-order valence-electron chi connectivity index (χ4n) is 4.46. The van der Waals surface area contributed by atoms with E-state index in [9.17, 15) is 22.4 Å². The zero-order valence-corrected chi connectivity index (χ0v) is 24.8. The van der Waals surface area contributed by atoms with Gasteiger partial charge in [0.15, 0.2) is 0 Å². The van der Waals surface area contributed by atoms with Crippen LogP contribution < -0.4 is 14.4 Å². The molecule has 1 N–H and O–H groups in total. The van der Waals surface area contributed by atoms with Gasteiger partial charge < -0.3 is 15.0 Å². The zero-order valence-electron chi connectivity index (χ0n) is 24.0. The summed E-state index contributed by atoms with van der Waals surface area (Å²) in [5.41, 5.74) is 1.97. The number of hydrogen-bond acceptors (Lipinski definition) is 5. The van der Waals surface area contributed by atoms with Crippen LogP contribution in [-0.2, 0) is 32.6 Å². The van der Waals surface area contributed by atoms with Crippen molar-refractivity contribution in [3.05, 3.63) is 95.3 Å². The molecule has 220 valence electrons. The van der Waals surface area contributed by atoms with Gasteiger partial charge in [-0.05, 0) is 42.7 Å². The number of halogens is 1. The molecule has 0 saturated heterocycles. The Bertz CT molecular complexity index is 1430. The molecule has 0 radical (unpaired) electrons. The fourth-order valence-corrected chi connectivity index (χ4v) is 5.30. The van der Waals surface area contributed by atoms with Crippen LogP contribution in [0.4, 0.5) is 10.1 Å². The first-order chi connectivity index (χ1) is 19.5. The minimum Gasteiger partial charge on any atom is -0.495 e. The Hall–Kier alpha value is -3.92. The second-order valence-electron chi connectivity index (χ2n) is 9.91. The summed E-state index contributed by atoms with van der Waals surface area (Å²) in [6.45, 7) is 3.37. The molecule has 41 heavy (non-hydrogen) atoms. The summed E-state index contributed by atoms with van der Waals surface area (Å²) in [4.78, 5) is 29.0. The molecule has 1 atom stereocenters. The number of rotatable bonds is 14. The first-order valence-corrected chi connectivity index (χ1v) is 15.4. The summed E-state index contributed by atoms with van der Waals surface area (Å²) in [6, 6.07) is 19.2. The molecular weight excluding hydrogens is 545 g/mol. The number of unbranched alkanes of at least 4 members (excludes halogenated alkanes) is 1. The number of carbonyl (C=O) groups is 2. The Labute approximate surface area is 242 Å². The molecule has 3 rings (SSSR count). The Kier molecular flexibility index (Phi) is 11.3. The number of ether oxygens (including phenoxy) is 1. The van der Waals surface area contributed by atoms with Crippen LogP contribution in [0, 0.1) is 12.7 Å². The molecule has 0 bridgehead atoms. The number of benzene rings is 3. The molecule has 8 nitrogen and oxygen atoms in total. The number of aryl methyl sites for hydroxylation is 1. The van der Waals surface area contributed by atoms with Gasteiger partial charge in [0.05, 0.1) is 19.1 Å². The molecular formula is C31H38FN3O5S. The molecule has 10 heteroatoms.